The fourth-order valence-corrected chi connectivity index (χ4v) is 7.98. The van der Waals surface area contributed by atoms with Gasteiger partial charge in [0.1, 0.15) is 0 Å². The van der Waals surface area contributed by atoms with Gasteiger partial charge in [0.15, 0.2) is 0 Å². The van der Waals surface area contributed by atoms with Gasteiger partial charge in [-0.2, -0.15) is 0 Å². The minimum absolute atomic E-state index is 0.0837. The second kappa shape index (κ2) is 8.28. The lowest BCUT2D eigenvalue weighted by molar-refractivity contribution is 0.0331. The Labute approximate surface area is 152 Å². The minimum Gasteiger partial charge on any atom is -0.407 e. The predicted octanol–water partition coefficient (Wildman–Crippen LogP) is 2.55. The van der Waals surface area contributed by atoms with Gasteiger partial charge in [-0.25, -0.2) is 0 Å². The summed E-state index contributed by atoms with van der Waals surface area (Å²) >= 11 is 0. The fraction of sp³-hybridized carbons (Fsp3) is 0.429. The van der Waals surface area contributed by atoms with Gasteiger partial charge >= 0.3 is 0 Å². The van der Waals surface area contributed by atoms with E-state index in [-0.39, 0.29) is 17.6 Å². The molecular formula is C21H30O3Si. The van der Waals surface area contributed by atoms with Gasteiger partial charge in [0.05, 0.1) is 12.7 Å². The van der Waals surface area contributed by atoms with Gasteiger partial charge in [-0.05, 0) is 15.4 Å². The molecule has 0 saturated carbocycles. The van der Waals surface area contributed by atoms with E-state index in [0.29, 0.717) is 6.61 Å². The van der Waals surface area contributed by atoms with Crippen LogP contribution in [-0.4, -0.2) is 37.8 Å². The van der Waals surface area contributed by atoms with Gasteiger partial charge in [-0.15, -0.1) is 0 Å². The van der Waals surface area contributed by atoms with Crippen LogP contribution in [0, 0.1) is 5.92 Å². The summed E-state index contributed by atoms with van der Waals surface area (Å²) in [6, 6.07) is 20.9. The molecule has 2 aromatic rings. The molecule has 0 unspecified atom stereocenters. The van der Waals surface area contributed by atoms with E-state index in [9.17, 15) is 10.2 Å². The van der Waals surface area contributed by atoms with Crippen molar-refractivity contribution in [2.45, 2.75) is 38.8 Å². The van der Waals surface area contributed by atoms with Crippen LogP contribution in [0.2, 0.25) is 5.04 Å². The first-order chi connectivity index (χ1) is 11.8. The first kappa shape index (κ1) is 19.9. The van der Waals surface area contributed by atoms with E-state index < -0.39 is 14.4 Å². The Morgan fingerprint density at radius 1 is 0.920 bits per heavy atom. The molecule has 0 aliphatic rings. The van der Waals surface area contributed by atoms with Crippen molar-refractivity contribution in [1.29, 1.82) is 0 Å². The maximum Gasteiger partial charge on any atom is 0.261 e. The fourth-order valence-electron chi connectivity index (χ4n) is 3.31. The Hall–Kier alpha value is -1.46. The van der Waals surface area contributed by atoms with Crippen LogP contribution in [0.5, 0.6) is 0 Å². The van der Waals surface area contributed by atoms with E-state index in [0.717, 1.165) is 0 Å². The second-order valence-electron chi connectivity index (χ2n) is 7.70. The van der Waals surface area contributed by atoms with E-state index in [4.69, 9.17) is 4.43 Å². The summed E-state index contributed by atoms with van der Waals surface area (Å²) < 4.78 is 6.72. The van der Waals surface area contributed by atoms with Gasteiger partial charge in [-0.1, -0.05) is 88.4 Å². The average molecular weight is 359 g/mol. The van der Waals surface area contributed by atoms with Crippen LogP contribution in [0.1, 0.15) is 27.7 Å². The standard InChI is InChI=1S/C21H30O3Si/c1-17(20(23)15-22)16-24-25(21(2,3)4,18-11-7-5-8-12-18)19-13-9-6-10-14-19/h5-14,17,20,22-23H,15-16H2,1-4H3/t17-,20+/m1/s1. The third kappa shape index (κ3) is 4.21. The van der Waals surface area contributed by atoms with Gasteiger partial charge < -0.3 is 14.6 Å². The highest BCUT2D eigenvalue weighted by molar-refractivity contribution is 6.99. The number of rotatable bonds is 7. The molecule has 0 fully saturated rings. The van der Waals surface area contributed by atoms with Crippen molar-refractivity contribution in [3.05, 3.63) is 60.7 Å². The number of benzene rings is 2. The van der Waals surface area contributed by atoms with Crippen LogP contribution in [-0.2, 0) is 4.43 Å². The van der Waals surface area contributed by atoms with E-state index in [2.05, 4.69) is 69.3 Å². The second-order valence-corrected chi connectivity index (χ2v) is 12.0. The zero-order valence-corrected chi connectivity index (χ0v) is 16.6. The summed E-state index contributed by atoms with van der Waals surface area (Å²) in [7, 11) is -2.56. The summed E-state index contributed by atoms with van der Waals surface area (Å²) in [5.41, 5.74) is 0. The lowest BCUT2D eigenvalue weighted by atomic mass is 10.1. The molecule has 2 aromatic carbocycles. The van der Waals surface area contributed by atoms with Crippen molar-refractivity contribution in [2.24, 2.45) is 5.92 Å². The molecule has 0 aliphatic heterocycles. The molecule has 0 aliphatic carbocycles. The lowest BCUT2D eigenvalue weighted by Gasteiger charge is -2.43. The van der Waals surface area contributed by atoms with Crippen molar-refractivity contribution in [3.8, 4) is 0 Å². The smallest absolute Gasteiger partial charge is 0.261 e. The Bertz CT molecular complexity index is 598. The maximum absolute atomic E-state index is 9.95. The summed E-state index contributed by atoms with van der Waals surface area (Å²) in [4.78, 5) is 0. The van der Waals surface area contributed by atoms with Crippen LogP contribution >= 0.6 is 0 Å². The van der Waals surface area contributed by atoms with E-state index in [1.165, 1.54) is 10.4 Å². The lowest BCUT2D eigenvalue weighted by Crippen LogP contribution is -2.67. The molecule has 2 N–H and O–H groups in total. The molecule has 2 atom stereocenters. The molecule has 136 valence electrons. The van der Waals surface area contributed by atoms with E-state index in [1.54, 1.807) is 0 Å². The van der Waals surface area contributed by atoms with Crippen molar-refractivity contribution in [2.75, 3.05) is 13.2 Å². The summed E-state index contributed by atoms with van der Waals surface area (Å²) in [6.07, 6.45) is -0.766. The Kier molecular flexibility index (Phi) is 6.57. The van der Waals surface area contributed by atoms with Crippen LogP contribution < -0.4 is 10.4 Å². The molecule has 4 heteroatoms. The monoisotopic (exact) mass is 358 g/mol. The molecule has 0 amide bonds. The minimum atomic E-state index is -2.56. The molecule has 25 heavy (non-hydrogen) atoms. The van der Waals surface area contributed by atoms with Gasteiger partial charge in [0, 0.05) is 12.5 Å². The van der Waals surface area contributed by atoms with Gasteiger partial charge in [-0.3, -0.25) is 0 Å². The molecule has 0 aromatic heterocycles. The van der Waals surface area contributed by atoms with Crippen molar-refractivity contribution >= 4 is 18.7 Å². The quantitative estimate of drug-likeness (QED) is 0.748. The Morgan fingerprint density at radius 2 is 1.36 bits per heavy atom. The molecule has 0 radical (unpaired) electrons. The largest absolute Gasteiger partial charge is 0.407 e. The van der Waals surface area contributed by atoms with Crippen LogP contribution in [0.25, 0.3) is 0 Å². The first-order valence-electron chi connectivity index (χ1n) is 8.87. The Morgan fingerprint density at radius 3 is 1.72 bits per heavy atom. The highest BCUT2D eigenvalue weighted by atomic mass is 28.4. The molecule has 0 heterocycles. The number of hydrogen-bond acceptors (Lipinski definition) is 3. The van der Waals surface area contributed by atoms with E-state index in [1.807, 2.05) is 19.1 Å². The van der Waals surface area contributed by atoms with Crippen molar-refractivity contribution in [3.63, 3.8) is 0 Å². The summed E-state index contributed by atoms with van der Waals surface area (Å²) in [5, 5.41) is 21.5. The summed E-state index contributed by atoms with van der Waals surface area (Å²) in [6.45, 7) is 8.77. The molecule has 0 saturated heterocycles. The third-order valence-electron chi connectivity index (χ3n) is 4.82. The zero-order valence-electron chi connectivity index (χ0n) is 15.6. The van der Waals surface area contributed by atoms with Gasteiger partial charge in [0.25, 0.3) is 8.32 Å². The SMILES string of the molecule is C[C@H](CO[Si](c1ccccc1)(c1ccccc1)C(C)(C)C)[C@@H](O)CO. The van der Waals surface area contributed by atoms with Crippen LogP contribution in [0.4, 0.5) is 0 Å². The molecular weight excluding hydrogens is 328 g/mol. The predicted molar refractivity (Wildman–Crippen MR) is 106 cm³/mol. The topological polar surface area (TPSA) is 49.7 Å². The normalized spacial score (nSPS) is 15.0. The number of hydrogen-bond donors (Lipinski definition) is 2. The van der Waals surface area contributed by atoms with Crippen LogP contribution in [0.15, 0.2) is 60.7 Å². The van der Waals surface area contributed by atoms with Gasteiger partial charge in [0.2, 0.25) is 0 Å². The maximum atomic E-state index is 9.95. The average Bonchev–Trinajstić information content (AvgIpc) is 2.62. The number of aliphatic hydroxyl groups excluding tert-OH is 2. The molecule has 2 rings (SSSR count). The molecule has 0 spiro atoms. The van der Waals surface area contributed by atoms with E-state index >= 15 is 0 Å². The highest BCUT2D eigenvalue weighted by Gasteiger charge is 2.50. The molecule has 3 nitrogen and oxygen atoms in total. The molecule has 0 bridgehead atoms. The van der Waals surface area contributed by atoms with Crippen molar-refractivity contribution in [1.82, 2.24) is 0 Å². The highest BCUT2D eigenvalue weighted by Crippen LogP contribution is 2.37. The van der Waals surface area contributed by atoms with Crippen LogP contribution in [0.3, 0.4) is 0 Å². The Balaban J connectivity index is 2.53. The number of aliphatic hydroxyl groups is 2. The first-order valence-corrected chi connectivity index (χ1v) is 10.8. The van der Waals surface area contributed by atoms with Crippen molar-refractivity contribution < 1.29 is 14.6 Å². The zero-order chi connectivity index (χ0) is 18.5. The third-order valence-corrected chi connectivity index (χ3v) is 9.83. The summed E-state index contributed by atoms with van der Waals surface area (Å²) in [5.74, 6) is -0.133.